The van der Waals surface area contributed by atoms with E-state index < -0.39 is 0 Å². The summed E-state index contributed by atoms with van der Waals surface area (Å²) in [5.74, 6) is 0. The molecule has 0 amide bonds. The highest BCUT2D eigenvalue weighted by atomic mass is 15.1. The van der Waals surface area contributed by atoms with E-state index in [4.69, 9.17) is 0 Å². The van der Waals surface area contributed by atoms with E-state index in [9.17, 15) is 0 Å². The van der Waals surface area contributed by atoms with E-state index in [0.717, 1.165) is 34.0 Å². The minimum Gasteiger partial charge on any atom is -0.310 e. The average molecular weight is 728 g/mol. The van der Waals surface area contributed by atoms with Crippen molar-refractivity contribution >= 4 is 60.7 Å². The van der Waals surface area contributed by atoms with Gasteiger partial charge in [0.25, 0.3) is 0 Å². The molecule has 0 aliphatic heterocycles. The van der Waals surface area contributed by atoms with Crippen molar-refractivity contribution in [2.45, 2.75) is 0 Å². The Morgan fingerprint density at radius 3 is 1.30 bits per heavy atom. The minimum atomic E-state index is 1.08. The Morgan fingerprint density at radius 2 is 0.702 bits per heavy atom. The summed E-state index contributed by atoms with van der Waals surface area (Å²) in [5.41, 5.74) is 15.0. The quantitative estimate of drug-likeness (QED) is 0.159. The van der Waals surface area contributed by atoms with Gasteiger partial charge in [-0.1, -0.05) is 152 Å². The molecule has 0 spiro atoms. The second-order valence-corrected chi connectivity index (χ2v) is 14.6. The lowest BCUT2D eigenvalue weighted by Crippen LogP contribution is -2.11. The van der Waals surface area contributed by atoms with E-state index in [0.29, 0.717) is 0 Å². The number of benzene rings is 9. The maximum Gasteiger partial charge on any atom is 0.0561 e. The summed E-state index contributed by atoms with van der Waals surface area (Å²) in [5, 5.41) is 4.97. The molecule has 11 rings (SSSR count). The van der Waals surface area contributed by atoms with Crippen LogP contribution in [0.1, 0.15) is 0 Å². The van der Waals surface area contributed by atoms with Crippen molar-refractivity contribution < 1.29 is 0 Å². The molecule has 268 valence electrons. The average Bonchev–Trinajstić information content (AvgIpc) is 3.80. The van der Waals surface area contributed by atoms with Crippen molar-refractivity contribution in [2.75, 3.05) is 4.90 Å². The van der Waals surface area contributed by atoms with E-state index in [1.807, 2.05) is 0 Å². The van der Waals surface area contributed by atoms with Crippen LogP contribution in [0.2, 0.25) is 0 Å². The van der Waals surface area contributed by atoms with Crippen molar-refractivity contribution in [1.82, 2.24) is 9.13 Å². The molecule has 0 saturated carbocycles. The largest absolute Gasteiger partial charge is 0.310 e. The SMILES string of the molecule is c1ccc(-c2ccc(-n3c4ccccc4c4ccc(N(c5ccc(-n6c7ccccc7c7ccccc76)cc5)c5ccccc5-c5ccccc5)cc43)cc2)cc1. The fourth-order valence-electron chi connectivity index (χ4n) is 8.72. The van der Waals surface area contributed by atoms with Crippen LogP contribution in [0.15, 0.2) is 224 Å². The summed E-state index contributed by atoms with van der Waals surface area (Å²) in [6.45, 7) is 0. The van der Waals surface area contributed by atoms with Gasteiger partial charge < -0.3 is 14.0 Å². The molecule has 0 bridgehead atoms. The minimum absolute atomic E-state index is 1.08. The van der Waals surface area contributed by atoms with Gasteiger partial charge in [0.1, 0.15) is 0 Å². The Hall–Kier alpha value is -7.62. The summed E-state index contributed by atoms with van der Waals surface area (Å²) in [6.07, 6.45) is 0. The molecular weight excluding hydrogens is 691 g/mol. The molecule has 57 heavy (non-hydrogen) atoms. The molecule has 0 aliphatic carbocycles. The molecule has 2 aromatic heterocycles. The molecule has 0 radical (unpaired) electrons. The Balaban J connectivity index is 1.11. The van der Waals surface area contributed by atoms with Gasteiger partial charge in [-0.3, -0.25) is 0 Å². The molecular formula is C54H37N3. The van der Waals surface area contributed by atoms with Crippen LogP contribution < -0.4 is 4.90 Å². The number of anilines is 3. The highest BCUT2D eigenvalue weighted by Crippen LogP contribution is 2.44. The van der Waals surface area contributed by atoms with E-state index in [1.54, 1.807) is 0 Å². The summed E-state index contributed by atoms with van der Waals surface area (Å²) in [4.78, 5) is 2.41. The summed E-state index contributed by atoms with van der Waals surface area (Å²) in [7, 11) is 0. The number of rotatable bonds is 7. The molecule has 11 aromatic rings. The van der Waals surface area contributed by atoms with Crippen LogP contribution in [0.25, 0.3) is 77.2 Å². The number of aromatic nitrogens is 2. The van der Waals surface area contributed by atoms with Gasteiger partial charge in [-0.05, 0) is 89.5 Å². The predicted octanol–water partition coefficient (Wildman–Crippen LogP) is 14.7. The fourth-order valence-corrected chi connectivity index (χ4v) is 8.72. The van der Waals surface area contributed by atoms with Crippen molar-refractivity contribution in [3.05, 3.63) is 224 Å². The van der Waals surface area contributed by atoms with E-state index >= 15 is 0 Å². The summed E-state index contributed by atoms with van der Waals surface area (Å²) in [6, 6.07) is 81.1. The Kier molecular flexibility index (Phi) is 7.82. The molecule has 0 N–H and O–H groups in total. The Labute approximate surface area is 331 Å². The highest BCUT2D eigenvalue weighted by Gasteiger charge is 2.21. The van der Waals surface area contributed by atoms with Gasteiger partial charge in [0.15, 0.2) is 0 Å². The molecule has 9 aromatic carbocycles. The Morgan fingerprint density at radius 1 is 0.281 bits per heavy atom. The fraction of sp³-hybridized carbons (Fsp3) is 0. The monoisotopic (exact) mass is 727 g/mol. The maximum absolute atomic E-state index is 2.41. The van der Waals surface area contributed by atoms with Crippen LogP contribution in [0.5, 0.6) is 0 Å². The first-order chi connectivity index (χ1) is 28.3. The van der Waals surface area contributed by atoms with Gasteiger partial charge in [0, 0.05) is 49.9 Å². The smallest absolute Gasteiger partial charge is 0.0561 e. The standard InChI is InChI=1S/C54H37N3/c1-3-15-38(16-4-1)39-27-29-42(30-28-39)57-53-26-14-10-22-48(53)49-36-35-44(37-54(49)57)55(50-23-11-7-19-45(50)40-17-5-2-6-18-40)41-31-33-43(34-32-41)56-51-24-12-8-20-46(51)47-21-9-13-25-52(47)56/h1-37H. The van der Waals surface area contributed by atoms with Gasteiger partial charge in [-0.2, -0.15) is 0 Å². The van der Waals surface area contributed by atoms with Crippen LogP contribution in [0, 0.1) is 0 Å². The normalized spacial score (nSPS) is 11.5. The Bertz CT molecular complexity index is 3160. The topological polar surface area (TPSA) is 13.1 Å². The zero-order valence-electron chi connectivity index (χ0n) is 31.2. The van der Waals surface area contributed by atoms with E-state index in [-0.39, 0.29) is 0 Å². The van der Waals surface area contributed by atoms with Crippen molar-refractivity contribution in [2.24, 2.45) is 0 Å². The maximum atomic E-state index is 2.41. The van der Waals surface area contributed by atoms with Gasteiger partial charge in [0.05, 0.1) is 27.8 Å². The molecule has 0 atom stereocenters. The molecule has 0 aliphatic rings. The zero-order chi connectivity index (χ0) is 37.7. The number of nitrogens with zero attached hydrogens (tertiary/aromatic N) is 3. The van der Waals surface area contributed by atoms with Gasteiger partial charge in [-0.15, -0.1) is 0 Å². The number of hydrogen-bond acceptors (Lipinski definition) is 1. The lowest BCUT2D eigenvalue weighted by Gasteiger charge is -2.28. The number of para-hydroxylation sites is 4. The van der Waals surface area contributed by atoms with Crippen LogP contribution in [-0.2, 0) is 0 Å². The zero-order valence-corrected chi connectivity index (χ0v) is 31.2. The lowest BCUT2D eigenvalue weighted by atomic mass is 10.0. The van der Waals surface area contributed by atoms with Gasteiger partial charge in [0.2, 0.25) is 0 Å². The first kappa shape index (κ1) is 32.8. The second-order valence-electron chi connectivity index (χ2n) is 14.6. The van der Waals surface area contributed by atoms with Gasteiger partial charge >= 0.3 is 0 Å². The summed E-state index contributed by atoms with van der Waals surface area (Å²) < 4.78 is 4.79. The lowest BCUT2D eigenvalue weighted by molar-refractivity contribution is 1.17. The van der Waals surface area contributed by atoms with Crippen LogP contribution in [0.4, 0.5) is 17.1 Å². The van der Waals surface area contributed by atoms with E-state index in [1.165, 1.54) is 60.3 Å². The molecule has 3 heteroatoms. The van der Waals surface area contributed by atoms with Crippen LogP contribution in [-0.4, -0.2) is 9.13 Å². The second kappa shape index (κ2) is 13.6. The molecule has 0 fully saturated rings. The van der Waals surface area contributed by atoms with Crippen molar-refractivity contribution in [3.8, 4) is 33.6 Å². The summed E-state index contributed by atoms with van der Waals surface area (Å²) >= 11 is 0. The highest BCUT2D eigenvalue weighted by molar-refractivity contribution is 6.11. The first-order valence-electron chi connectivity index (χ1n) is 19.5. The van der Waals surface area contributed by atoms with E-state index in [2.05, 4.69) is 238 Å². The third-order valence-electron chi connectivity index (χ3n) is 11.3. The van der Waals surface area contributed by atoms with Crippen molar-refractivity contribution in [3.63, 3.8) is 0 Å². The molecule has 0 saturated heterocycles. The first-order valence-corrected chi connectivity index (χ1v) is 19.5. The third kappa shape index (κ3) is 5.51. The number of fused-ring (bicyclic) bond motifs is 6. The molecule has 3 nitrogen and oxygen atoms in total. The van der Waals surface area contributed by atoms with Gasteiger partial charge in [-0.25, -0.2) is 0 Å². The molecule has 0 unspecified atom stereocenters. The predicted molar refractivity (Wildman–Crippen MR) is 241 cm³/mol. The number of hydrogen-bond donors (Lipinski definition) is 0. The molecule has 2 heterocycles. The van der Waals surface area contributed by atoms with Crippen molar-refractivity contribution in [1.29, 1.82) is 0 Å². The van der Waals surface area contributed by atoms with Crippen LogP contribution in [0.3, 0.4) is 0 Å². The van der Waals surface area contributed by atoms with Crippen LogP contribution >= 0.6 is 0 Å². The third-order valence-corrected chi connectivity index (χ3v) is 11.3.